The van der Waals surface area contributed by atoms with Crippen molar-refractivity contribution in [1.29, 1.82) is 0 Å². The molecule has 1 spiro atoms. The molecule has 4 heteroatoms. The van der Waals surface area contributed by atoms with E-state index in [0.717, 1.165) is 64.0 Å². The smallest absolute Gasteiger partial charge is 0.226 e. The average molecular weight is 341 g/mol. The molecule has 1 unspecified atom stereocenters. The predicted molar refractivity (Wildman–Crippen MR) is 96.6 cm³/mol. The molecule has 1 atom stereocenters. The molecule has 134 valence electrons. The fourth-order valence-corrected chi connectivity index (χ4v) is 4.66. The maximum absolute atomic E-state index is 12.8. The summed E-state index contributed by atoms with van der Waals surface area (Å²) >= 11 is 0. The Labute approximate surface area is 149 Å². The lowest BCUT2D eigenvalue weighted by molar-refractivity contribution is -0.145. The van der Waals surface area contributed by atoms with Crippen molar-refractivity contribution in [2.24, 2.45) is 5.92 Å². The Hall–Kier alpha value is -1.81. The molecule has 0 radical (unpaired) electrons. The lowest BCUT2D eigenvalue weighted by atomic mass is 9.78. The molecule has 0 saturated carbocycles. The van der Waals surface area contributed by atoms with E-state index < -0.39 is 0 Å². The van der Waals surface area contributed by atoms with Crippen LogP contribution in [0.1, 0.15) is 43.2 Å². The fourth-order valence-electron chi connectivity index (χ4n) is 4.66. The Morgan fingerprint density at radius 2 is 2.12 bits per heavy atom. The van der Waals surface area contributed by atoms with Crippen molar-refractivity contribution in [3.63, 3.8) is 0 Å². The minimum atomic E-state index is -0.288. The Balaban J connectivity index is 1.52. The number of carbonyl (C=O) groups excluding carboxylic acids is 1. The van der Waals surface area contributed by atoms with E-state index in [9.17, 15) is 4.79 Å². The Kier molecular flexibility index (Phi) is 4.55. The second-order valence-corrected chi connectivity index (χ2v) is 7.39. The van der Waals surface area contributed by atoms with Gasteiger partial charge in [-0.3, -0.25) is 4.79 Å². The predicted octanol–water partition coefficient (Wildman–Crippen LogP) is 3.44. The summed E-state index contributed by atoms with van der Waals surface area (Å²) in [7, 11) is 1.73. The van der Waals surface area contributed by atoms with Crippen LogP contribution in [0.3, 0.4) is 0 Å². The number of allylic oxidation sites excluding steroid dienone is 2. The van der Waals surface area contributed by atoms with Crippen molar-refractivity contribution in [1.82, 2.24) is 4.90 Å². The van der Waals surface area contributed by atoms with E-state index in [1.54, 1.807) is 7.11 Å². The van der Waals surface area contributed by atoms with Crippen LogP contribution >= 0.6 is 0 Å². The third-order valence-electron chi connectivity index (χ3n) is 6.04. The molecule has 1 amide bonds. The summed E-state index contributed by atoms with van der Waals surface area (Å²) in [5.41, 5.74) is 2.27. The van der Waals surface area contributed by atoms with E-state index in [1.165, 1.54) is 11.1 Å². The molecule has 0 N–H and O–H groups in total. The zero-order valence-electron chi connectivity index (χ0n) is 15.0. The number of hydrogen-bond acceptors (Lipinski definition) is 3. The van der Waals surface area contributed by atoms with E-state index >= 15 is 0 Å². The molecule has 25 heavy (non-hydrogen) atoms. The largest absolute Gasteiger partial charge is 0.496 e. The first-order valence-corrected chi connectivity index (χ1v) is 9.48. The highest BCUT2D eigenvalue weighted by Crippen LogP contribution is 2.46. The van der Waals surface area contributed by atoms with Crippen molar-refractivity contribution >= 4 is 5.91 Å². The summed E-state index contributed by atoms with van der Waals surface area (Å²) < 4.78 is 12.0. The normalized spacial score (nSPS) is 24.8. The van der Waals surface area contributed by atoms with Crippen LogP contribution in [-0.4, -0.2) is 37.6 Å². The van der Waals surface area contributed by atoms with Gasteiger partial charge in [0.25, 0.3) is 0 Å². The van der Waals surface area contributed by atoms with Crippen LogP contribution in [-0.2, 0) is 21.6 Å². The highest BCUT2D eigenvalue weighted by molar-refractivity contribution is 5.79. The molecule has 1 aromatic rings. The summed E-state index contributed by atoms with van der Waals surface area (Å²) in [5, 5.41) is 0. The summed E-state index contributed by atoms with van der Waals surface area (Å²) in [5.74, 6) is 1.43. The summed E-state index contributed by atoms with van der Waals surface area (Å²) in [6.07, 6.45) is 9.91. The maximum atomic E-state index is 12.8. The van der Waals surface area contributed by atoms with Crippen LogP contribution in [0, 0.1) is 5.92 Å². The summed E-state index contributed by atoms with van der Waals surface area (Å²) in [4.78, 5) is 14.9. The molecule has 4 nitrogen and oxygen atoms in total. The number of fused-ring (bicyclic) bond motifs is 2. The maximum Gasteiger partial charge on any atom is 0.226 e. The van der Waals surface area contributed by atoms with Crippen LogP contribution in [0.2, 0.25) is 0 Å². The van der Waals surface area contributed by atoms with Gasteiger partial charge in [-0.2, -0.15) is 0 Å². The van der Waals surface area contributed by atoms with Gasteiger partial charge in [-0.25, -0.2) is 0 Å². The number of piperidine rings is 1. The van der Waals surface area contributed by atoms with Crippen LogP contribution in [0.15, 0.2) is 30.4 Å². The number of carbonyl (C=O) groups is 1. The number of methoxy groups -OCH3 is 1. The SMILES string of the molecule is COc1cccc2c1C1(CCN(C(=O)C3CC=CCC3)CC1)OCC2. The van der Waals surface area contributed by atoms with Crippen molar-refractivity contribution < 1.29 is 14.3 Å². The Morgan fingerprint density at radius 1 is 1.28 bits per heavy atom. The number of rotatable bonds is 2. The molecule has 2 aliphatic heterocycles. The monoisotopic (exact) mass is 341 g/mol. The molecule has 1 aromatic carbocycles. The van der Waals surface area contributed by atoms with Crippen molar-refractivity contribution in [2.45, 2.75) is 44.1 Å². The number of ether oxygens (including phenoxy) is 2. The number of nitrogens with zero attached hydrogens (tertiary/aromatic N) is 1. The number of amides is 1. The van der Waals surface area contributed by atoms with E-state index in [4.69, 9.17) is 9.47 Å². The zero-order chi connectivity index (χ0) is 17.3. The second kappa shape index (κ2) is 6.83. The molecular formula is C21H27NO3. The highest BCUT2D eigenvalue weighted by Gasteiger charge is 2.44. The summed E-state index contributed by atoms with van der Waals surface area (Å²) in [6.45, 7) is 2.30. The first-order chi connectivity index (χ1) is 12.2. The van der Waals surface area contributed by atoms with Crippen LogP contribution in [0.25, 0.3) is 0 Å². The second-order valence-electron chi connectivity index (χ2n) is 7.39. The molecule has 1 saturated heterocycles. The molecule has 4 rings (SSSR count). The molecule has 2 heterocycles. The van der Waals surface area contributed by atoms with Gasteiger partial charge in [-0.15, -0.1) is 0 Å². The molecule has 1 fully saturated rings. The van der Waals surface area contributed by atoms with E-state index in [-0.39, 0.29) is 11.5 Å². The minimum absolute atomic E-state index is 0.174. The third-order valence-corrected chi connectivity index (χ3v) is 6.04. The van der Waals surface area contributed by atoms with Gasteiger partial charge < -0.3 is 14.4 Å². The van der Waals surface area contributed by atoms with Crippen molar-refractivity contribution in [3.05, 3.63) is 41.5 Å². The zero-order valence-corrected chi connectivity index (χ0v) is 15.0. The van der Waals surface area contributed by atoms with Gasteiger partial charge in [0.2, 0.25) is 5.91 Å². The van der Waals surface area contributed by atoms with Crippen molar-refractivity contribution in [3.8, 4) is 5.75 Å². The lowest BCUT2D eigenvalue weighted by Gasteiger charge is -2.46. The number of hydrogen-bond donors (Lipinski definition) is 0. The molecule has 0 bridgehead atoms. The third kappa shape index (κ3) is 2.97. The van der Waals surface area contributed by atoms with Gasteiger partial charge in [0.1, 0.15) is 11.4 Å². The fraction of sp³-hybridized carbons (Fsp3) is 0.571. The topological polar surface area (TPSA) is 38.8 Å². The van der Waals surface area contributed by atoms with Crippen LogP contribution in [0.5, 0.6) is 5.75 Å². The molecule has 1 aliphatic carbocycles. The number of benzene rings is 1. The van der Waals surface area contributed by atoms with Gasteiger partial charge in [-0.1, -0.05) is 24.3 Å². The van der Waals surface area contributed by atoms with E-state index in [2.05, 4.69) is 29.2 Å². The number of likely N-dealkylation sites (tertiary alicyclic amines) is 1. The molecule has 0 aromatic heterocycles. The van der Waals surface area contributed by atoms with Gasteiger partial charge >= 0.3 is 0 Å². The Morgan fingerprint density at radius 3 is 2.84 bits per heavy atom. The van der Waals surface area contributed by atoms with Gasteiger partial charge in [0.05, 0.1) is 13.7 Å². The molecule has 3 aliphatic rings. The van der Waals surface area contributed by atoms with Crippen LogP contribution < -0.4 is 4.74 Å². The first-order valence-electron chi connectivity index (χ1n) is 9.48. The van der Waals surface area contributed by atoms with Gasteiger partial charge in [-0.05, 0) is 50.2 Å². The highest BCUT2D eigenvalue weighted by atomic mass is 16.5. The van der Waals surface area contributed by atoms with E-state index in [1.807, 2.05) is 6.07 Å². The van der Waals surface area contributed by atoms with Gasteiger partial charge in [0, 0.05) is 24.6 Å². The summed E-state index contributed by atoms with van der Waals surface area (Å²) in [6, 6.07) is 6.28. The Bertz CT molecular complexity index is 659. The first kappa shape index (κ1) is 16.6. The minimum Gasteiger partial charge on any atom is -0.496 e. The average Bonchev–Trinajstić information content (AvgIpc) is 2.68. The standard InChI is InChI=1S/C21H27NO3/c1-24-18-9-5-8-16-10-15-25-21(19(16)18)11-13-22(14-12-21)20(23)17-6-3-2-4-7-17/h2-3,5,8-9,17H,4,6-7,10-15H2,1H3. The van der Waals surface area contributed by atoms with Crippen molar-refractivity contribution in [2.75, 3.05) is 26.8 Å². The van der Waals surface area contributed by atoms with Crippen LogP contribution in [0.4, 0.5) is 0 Å². The quantitative estimate of drug-likeness (QED) is 0.774. The van der Waals surface area contributed by atoms with E-state index in [0.29, 0.717) is 5.91 Å². The van der Waals surface area contributed by atoms with Gasteiger partial charge in [0.15, 0.2) is 0 Å². The lowest BCUT2D eigenvalue weighted by Crippen LogP contribution is -2.49. The molecular weight excluding hydrogens is 314 g/mol.